The van der Waals surface area contributed by atoms with Crippen molar-refractivity contribution in [2.24, 2.45) is 0 Å². The lowest BCUT2D eigenvalue weighted by Gasteiger charge is -2.13. The van der Waals surface area contributed by atoms with E-state index in [0.29, 0.717) is 17.1 Å². The molecule has 38 heavy (non-hydrogen) atoms. The third-order valence-corrected chi connectivity index (χ3v) is 8.81. The van der Waals surface area contributed by atoms with E-state index in [1.54, 1.807) is 43.3 Å². The Morgan fingerprint density at radius 1 is 0.711 bits per heavy atom. The van der Waals surface area contributed by atoms with Crippen molar-refractivity contribution in [3.63, 3.8) is 0 Å². The second-order valence-electron chi connectivity index (χ2n) is 8.52. The number of hydrogen-bond donors (Lipinski definition) is 3. The first-order valence-corrected chi connectivity index (χ1v) is 14.7. The largest absolute Gasteiger partial charge is 0.322 e. The predicted molar refractivity (Wildman–Crippen MR) is 150 cm³/mol. The van der Waals surface area contributed by atoms with Crippen LogP contribution in [0.15, 0.2) is 101 Å². The molecule has 0 spiro atoms. The number of benzene rings is 4. The molecule has 0 radical (unpaired) electrons. The Labute approximate surface area is 226 Å². The first kappa shape index (κ1) is 27.2. The van der Waals surface area contributed by atoms with Crippen LogP contribution in [0.1, 0.15) is 21.5 Å². The molecule has 11 heteroatoms. The van der Waals surface area contributed by atoms with Crippen molar-refractivity contribution >= 4 is 54.6 Å². The molecule has 4 aromatic rings. The first-order valence-electron chi connectivity index (χ1n) is 11.3. The highest BCUT2D eigenvalue weighted by Gasteiger charge is 2.21. The van der Waals surface area contributed by atoms with Crippen LogP contribution in [0.5, 0.6) is 0 Å². The predicted octanol–water partition coefficient (Wildman–Crippen LogP) is 5.81. The van der Waals surface area contributed by atoms with Gasteiger partial charge in [0.05, 0.1) is 15.6 Å². The molecular weight excluding hydrogens is 546 g/mol. The average Bonchev–Trinajstić information content (AvgIpc) is 2.87. The summed E-state index contributed by atoms with van der Waals surface area (Å²) in [7, 11) is -7.92. The summed E-state index contributed by atoms with van der Waals surface area (Å²) in [6.45, 7) is 3.68. The molecule has 4 rings (SSSR count). The van der Waals surface area contributed by atoms with Crippen LogP contribution in [0.3, 0.4) is 0 Å². The van der Waals surface area contributed by atoms with Gasteiger partial charge in [-0.1, -0.05) is 41.9 Å². The van der Waals surface area contributed by atoms with Crippen LogP contribution in [0.4, 0.5) is 17.1 Å². The molecule has 0 aliphatic heterocycles. The minimum atomic E-state index is -4.06. The molecule has 3 N–H and O–H groups in total. The molecule has 0 saturated heterocycles. The second kappa shape index (κ2) is 10.9. The monoisotopic (exact) mass is 569 g/mol. The number of para-hydroxylation sites is 1. The highest BCUT2D eigenvalue weighted by Crippen LogP contribution is 2.26. The fourth-order valence-electron chi connectivity index (χ4n) is 3.54. The molecule has 0 atom stereocenters. The lowest BCUT2D eigenvalue weighted by atomic mass is 10.1. The lowest BCUT2D eigenvalue weighted by Crippen LogP contribution is -2.17. The Balaban J connectivity index is 1.50. The molecule has 0 unspecified atom stereocenters. The SMILES string of the molecule is Cc1ccc(C)c(NS(=O)(=O)c2ccc(NC(=O)c3ccc(Cl)c(S(=O)(=O)Nc4ccccc4)c3)cc2)c1. The topological polar surface area (TPSA) is 121 Å². The van der Waals surface area contributed by atoms with Gasteiger partial charge in [0.1, 0.15) is 4.90 Å². The molecule has 0 heterocycles. The molecule has 8 nitrogen and oxygen atoms in total. The Kier molecular flexibility index (Phi) is 7.77. The Bertz CT molecular complexity index is 1710. The summed E-state index contributed by atoms with van der Waals surface area (Å²) in [4.78, 5) is 12.6. The zero-order valence-electron chi connectivity index (χ0n) is 20.4. The number of carbonyl (C=O) groups is 1. The van der Waals surface area contributed by atoms with Gasteiger partial charge in [0.25, 0.3) is 26.0 Å². The summed E-state index contributed by atoms with van der Waals surface area (Å²) in [5.41, 5.74) is 2.91. The molecule has 0 aliphatic carbocycles. The van der Waals surface area contributed by atoms with Crippen LogP contribution in [0, 0.1) is 13.8 Å². The molecule has 0 aliphatic rings. The molecule has 1 amide bonds. The van der Waals surface area contributed by atoms with Gasteiger partial charge >= 0.3 is 0 Å². The highest BCUT2D eigenvalue weighted by atomic mass is 35.5. The van der Waals surface area contributed by atoms with E-state index in [9.17, 15) is 21.6 Å². The van der Waals surface area contributed by atoms with Crippen molar-refractivity contribution in [2.45, 2.75) is 23.6 Å². The summed E-state index contributed by atoms with van der Waals surface area (Å²) < 4.78 is 56.4. The highest BCUT2D eigenvalue weighted by molar-refractivity contribution is 7.93. The number of anilines is 3. The number of hydrogen-bond acceptors (Lipinski definition) is 5. The van der Waals surface area contributed by atoms with Crippen molar-refractivity contribution in [2.75, 3.05) is 14.8 Å². The van der Waals surface area contributed by atoms with Crippen LogP contribution in [-0.4, -0.2) is 22.7 Å². The van der Waals surface area contributed by atoms with Crippen LogP contribution in [-0.2, 0) is 20.0 Å². The molecule has 196 valence electrons. The minimum Gasteiger partial charge on any atom is -0.322 e. The Morgan fingerprint density at radius 2 is 1.39 bits per heavy atom. The van der Waals surface area contributed by atoms with E-state index in [4.69, 9.17) is 11.6 Å². The summed E-state index contributed by atoms with van der Waals surface area (Å²) in [5, 5.41) is 2.59. The van der Waals surface area contributed by atoms with E-state index in [-0.39, 0.29) is 20.4 Å². The van der Waals surface area contributed by atoms with Gasteiger partial charge in [-0.2, -0.15) is 0 Å². The van der Waals surface area contributed by atoms with E-state index < -0.39 is 26.0 Å². The van der Waals surface area contributed by atoms with Crippen LogP contribution < -0.4 is 14.8 Å². The maximum Gasteiger partial charge on any atom is 0.263 e. The van der Waals surface area contributed by atoms with Gasteiger partial charge in [-0.15, -0.1) is 0 Å². The number of carbonyl (C=O) groups excluding carboxylic acids is 1. The molecule has 0 bridgehead atoms. The third kappa shape index (κ3) is 6.34. The van der Waals surface area contributed by atoms with Crippen LogP contribution in [0.25, 0.3) is 0 Å². The maximum absolute atomic E-state index is 12.9. The summed E-state index contributed by atoms with van der Waals surface area (Å²) in [6.07, 6.45) is 0. The minimum absolute atomic E-state index is 0.0169. The number of nitrogens with one attached hydrogen (secondary N) is 3. The molecule has 0 saturated carbocycles. The standard InChI is InChI=1S/C27H24ClN3O5S2/c1-18-8-9-19(2)25(16-18)31-37(33,34)23-13-11-21(12-14-23)29-27(32)20-10-15-24(28)26(17-20)38(35,36)30-22-6-4-3-5-7-22/h3-17,30-31H,1-2H3,(H,29,32). The zero-order chi connectivity index (χ0) is 27.5. The van der Waals surface area contributed by atoms with Gasteiger partial charge in [-0.25, -0.2) is 16.8 Å². The van der Waals surface area contributed by atoms with Gasteiger partial charge in [-0.3, -0.25) is 14.2 Å². The van der Waals surface area contributed by atoms with Crippen molar-refractivity contribution in [1.82, 2.24) is 0 Å². The van der Waals surface area contributed by atoms with E-state index in [1.807, 2.05) is 19.1 Å². The maximum atomic E-state index is 12.9. The fraction of sp³-hybridized carbons (Fsp3) is 0.0741. The van der Waals surface area contributed by atoms with E-state index in [1.165, 1.54) is 42.5 Å². The van der Waals surface area contributed by atoms with Gasteiger partial charge in [0.2, 0.25) is 0 Å². The fourth-order valence-corrected chi connectivity index (χ4v) is 6.24. The number of halogens is 1. The van der Waals surface area contributed by atoms with Crippen molar-refractivity contribution in [1.29, 1.82) is 0 Å². The van der Waals surface area contributed by atoms with E-state index in [0.717, 1.165) is 11.1 Å². The Morgan fingerprint density at radius 3 is 2.08 bits per heavy atom. The summed E-state index contributed by atoms with van der Waals surface area (Å²) in [5.74, 6) is -0.595. The zero-order valence-corrected chi connectivity index (χ0v) is 22.8. The van der Waals surface area contributed by atoms with E-state index in [2.05, 4.69) is 14.8 Å². The molecular formula is C27H24ClN3O5S2. The third-order valence-electron chi connectivity index (χ3n) is 5.57. The van der Waals surface area contributed by atoms with E-state index >= 15 is 0 Å². The molecule has 0 aromatic heterocycles. The van der Waals surface area contributed by atoms with Gasteiger partial charge in [0.15, 0.2) is 0 Å². The summed E-state index contributed by atoms with van der Waals surface area (Å²) >= 11 is 6.13. The lowest BCUT2D eigenvalue weighted by molar-refractivity contribution is 0.102. The van der Waals surface area contributed by atoms with Crippen molar-refractivity contribution in [3.05, 3.63) is 113 Å². The molecule has 4 aromatic carbocycles. The number of rotatable bonds is 8. The normalized spacial score (nSPS) is 11.6. The van der Waals surface area contributed by atoms with Gasteiger partial charge in [-0.05, 0) is 85.6 Å². The number of aryl methyl sites for hydroxylation is 2. The smallest absolute Gasteiger partial charge is 0.263 e. The van der Waals surface area contributed by atoms with Crippen LogP contribution in [0.2, 0.25) is 5.02 Å². The summed E-state index contributed by atoms with van der Waals surface area (Å²) in [6, 6.07) is 23.3. The average molecular weight is 570 g/mol. The number of amides is 1. The van der Waals surface area contributed by atoms with Crippen molar-refractivity contribution in [3.8, 4) is 0 Å². The van der Waals surface area contributed by atoms with Crippen LogP contribution >= 0.6 is 11.6 Å². The van der Waals surface area contributed by atoms with Gasteiger partial charge < -0.3 is 5.32 Å². The molecule has 0 fully saturated rings. The quantitative estimate of drug-likeness (QED) is 0.247. The van der Waals surface area contributed by atoms with Crippen molar-refractivity contribution < 1.29 is 21.6 Å². The first-order chi connectivity index (χ1) is 17.9. The van der Waals surface area contributed by atoms with Gasteiger partial charge in [0, 0.05) is 16.9 Å². The number of sulfonamides is 2. The Hall–Kier alpha value is -3.86. The second-order valence-corrected chi connectivity index (χ2v) is 12.3.